The van der Waals surface area contributed by atoms with Crippen molar-refractivity contribution in [1.29, 1.82) is 0 Å². The van der Waals surface area contributed by atoms with E-state index in [1.54, 1.807) is 12.5 Å². The first-order chi connectivity index (χ1) is 5.42. The molecule has 0 spiro atoms. The third-order valence-electron chi connectivity index (χ3n) is 1.55. The van der Waals surface area contributed by atoms with Crippen LogP contribution in [0.15, 0.2) is 29.0 Å². The highest BCUT2D eigenvalue weighted by molar-refractivity contribution is 9.08. The smallest absolute Gasteiger partial charge is 0.152 e. The lowest BCUT2D eigenvalue weighted by atomic mass is 10.3. The molecule has 0 radical (unpaired) electrons. The van der Waals surface area contributed by atoms with Crippen LogP contribution >= 0.6 is 28.3 Å². The molecule has 0 aliphatic rings. The summed E-state index contributed by atoms with van der Waals surface area (Å²) in [5.41, 5.74) is 2.90. The van der Waals surface area contributed by atoms with E-state index in [0.29, 0.717) is 0 Å². The van der Waals surface area contributed by atoms with Crippen molar-refractivity contribution < 1.29 is 4.42 Å². The van der Waals surface area contributed by atoms with Crippen molar-refractivity contribution in [2.45, 2.75) is 5.33 Å². The van der Waals surface area contributed by atoms with Gasteiger partial charge < -0.3 is 4.42 Å². The number of alkyl halides is 1. The van der Waals surface area contributed by atoms with Crippen LogP contribution in [0.2, 0.25) is 0 Å². The number of nitrogens with zero attached hydrogens (tertiary/aromatic N) is 1. The average Bonchev–Trinajstić information content (AvgIpc) is 2.47. The third-order valence-corrected chi connectivity index (χ3v) is 2.15. The van der Waals surface area contributed by atoms with Crippen LogP contribution in [0, 0.1) is 0 Å². The van der Waals surface area contributed by atoms with Crippen LogP contribution < -0.4 is 0 Å². The molecule has 0 saturated heterocycles. The highest BCUT2D eigenvalue weighted by Gasteiger charge is 2.03. The molecule has 12 heavy (non-hydrogen) atoms. The molecule has 0 fully saturated rings. The van der Waals surface area contributed by atoms with Gasteiger partial charge in [0.05, 0.1) is 6.26 Å². The van der Waals surface area contributed by atoms with Gasteiger partial charge in [-0.1, -0.05) is 15.9 Å². The van der Waals surface area contributed by atoms with Crippen LogP contribution in [-0.4, -0.2) is 4.98 Å². The summed E-state index contributed by atoms with van der Waals surface area (Å²) in [7, 11) is 0. The molecule has 0 atom stereocenters. The normalized spacial score (nSPS) is 9.75. The van der Waals surface area contributed by atoms with E-state index in [0.717, 1.165) is 22.0 Å². The molecule has 0 bridgehead atoms. The van der Waals surface area contributed by atoms with E-state index in [1.165, 1.54) is 0 Å². The lowest BCUT2D eigenvalue weighted by molar-refractivity contribution is 0.612. The van der Waals surface area contributed by atoms with Gasteiger partial charge in [-0.25, -0.2) is 0 Å². The molecule has 0 saturated carbocycles. The van der Waals surface area contributed by atoms with Crippen LogP contribution in [0.4, 0.5) is 0 Å². The molecule has 2 aromatic rings. The summed E-state index contributed by atoms with van der Waals surface area (Å²) in [4.78, 5) is 4.19. The molecule has 2 heterocycles. The fraction of sp³-hybridized carbons (Fsp3) is 0.125. The van der Waals surface area contributed by atoms with Gasteiger partial charge in [-0.05, 0) is 12.1 Å². The standard InChI is InChI=1S/C8H6BrNO.ClH/c9-4-6-5-11-7-2-1-3-10-8(6)7;/h1-3,5H,4H2;1H. The minimum Gasteiger partial charge on any atom is -0.462 e. The molecule has 2 aromatic heterocycles. The molecule has 0 aromatic carbocycles. The number of rotatable bonds is 1. The van der Waals surface area contributed by atoms with Crippen LogP contribution in [0.5, 0.6) is 0 Å². The molecule has 0 amide bonds. The van der Waals surface area contributed by atoms with Crippen molar-refractivity contribution in [3.8, 4) is 0 Å². The Kier molecular flexibility index (Phi) is 3.12. The minimum absolute atomic E-state index is 0. The number of aromatic nitrogens is 1. The van der Waals surface area contributed by atoms with Crippen LogP contribution in [-0.2, 0) is 5.33 Å². The van der Waals surface area contributed by atoms with E-state index >= 15 is 0 Å². The largest absolute Gasteiger partial charge is 0.462 e. The minimum atomic E-state index is 0. The Morgan fingerprint density at radius 1 is 1.50 bits per heavy atom. The van der Waals surface area contributed by atoms with Gasteiger partial charge in [-0.2, -0.15) is 0 Å². The number of hydrogen-bond acceptors (Lipinski definition) is 2. The number of hydrogen-bond donors (Lipinski definition) is 0. The van der Waals surface area contributed by atoms with Gasteiger partial charge in [-0.3, -0.25) is 4.98 Å². The van der Waals surface area contributed by atoms with Crippen LogP contribution in [0.1, 0.15) is 5.56 Å². The van der Waals surface area contributed by atoms with E-state index in [2.05, 4.69) is 20.9 Å². The summed E-state index contributed by atoms with van der Waals surface area (Å²) in [6.07, 6.45) is 3.50. The van der Waals surface area contributed by atoms with Crippen LogP contribution in [0.25, 0.3) is 11.1 Å². The average molecular weight is 249 g/mol. The Bertz CT molecular complexity index is 374. The Morgan fingerprint density at radius 2 is 2.33 bits per heavy atom. The van der Waals surface area contributed by atoms with Crippen molar-refractivity contribution in [1.82, 2.24) is 4.98 Å². The summed E-state index contributed by atoms with van der Waals surface area (Å²) >= 11 is 3.36. The Hall–Kier alpha value is -0.540. The Labute approximate surface area is 84.5 Å². The number of halogens is 2. The fourth-order valence-corrected chi connectivity index (χ4v) is 1.41. The maximum atomic E-state index is 5.25. The molecule has 0 unspecified atom stereocenters. The molecule has 0 N–H and O–H groups in total. The van der Waals surface area contributed by atoms with Gasteiger partial charge in [0.1, 0.15) is 5.52 Å². The van der Waals surface area contributed by atoms with Gasteiger partial charge in [0.15, 0.2) is 5.58 Å². The Morgan fingerprint density at radius 3 is 3.08 bits per heavy atom. The fourth-order valence-electron chi connectivity index (χ4n) is 1.01. The predicted octanol–water partition coefficient (Wildman–Crippen LogP) is 3.14. The number of furan rings is 1. The van der Waals surface area contributed by atoms with Gasteiger partial charge in [0, 0.05) is 17.1 Å². The maximum absolute atomic E-state index is 5.25. The molecule has 0 aliphatic carbocycles. The van der Waals surface area contributed by atoms with E-state index in [4.69, 9.17) is 4.42 Å². The highest BCUT2D eigenvalue weighted by atomic mass is 79.9. The summed E-state index contributed by atoms with van der Waals surface area (Å²) in [6.45, 7) is 0. The highest BCUT2D eigenvalue weighted by Crippen LogP contribution is 2.19. The first kappa shape index (κ1) is 9.55. The second-order valence-corrected chi connectivity index (χ2v) is 2.81. The second kappa shape index (κ2) is 3.92. The molecular weight excluding hydrogens is 241 g/mol. The van der Waals surface area contributed by atoms with Crippen molar-refractivity contribution in [2.75, 3.05) is 0 Å². The monoisotopic (exact) mass is 247 g/mol. The topological polar surface area (TPSA) is 26.0 Å². The van der Waals surface area contributed by atoms with E-state index in [9.17, 15) is 0 Å². The first-order valence-corrected chi connectivity index (χ1v) is 4.41. The zero-order valence-corrected chi connectivity index (χ0v) is 8.56. The summed E-state index contributed by atoms with van der Waals surface area (Å²) in [5, 5.41) is 0.789. The van der Waals surface area contributed by atoms with Crippen molar-refractivity contribution in [3.63, 3.8) is 0 Å². The van der Waals surface area contributed by atoms with E-state index < -0.39 is 0 Å². The van der Waals surface area contributed by atoms with Gasteiger partial charge in [0.25, 0.3) is 0 Å². The number of fused-ring (bicyclic) bond motifs is 1. The summed E-state index contributed by atoms with van der Waals surface area (Å²) in [6, 6.07) is 3.78. The van der Waals surface area contributed by atoms with E-state index in [1.807, 2.05) is 12.1 Å². The van der Waals surface area contributed by atoms with E-state index in [-0.39, 0.29) is 12.4 Å². The summed E-state index contributed by atoms with van der Waals surface area (Å²) in [5.74, 6) is 0. The predicted molar refractivity (Wildman–Crippen MR) is 53.9 cm³/mol. The van der Waals surface area contributed by atoms with Gasteiger partial charge >= 0.3 is 0 Å². The molecular formula is C8H7BrClNO. The van der Waals surface area contributed by atoms with Crippen molar-refractivity contribution in [2.24, 2.45) is 0 Å². The number of pyridine rings is 1. The second-order valence-electron chi connectivity index (χ2n) is 2.24. The lowest BCUT2D eigenvalue weighted by Gasteiger charge is -1.86. The molecule has 64 valence electrons. The SMILES string of the molecule is BrCc1coc2cccnc12.Cl. The Balaban J connectivity index is 0.000000720. The molecule has 0 aliphatic heterocycles. The maximum Gasteiger partial charge on any atom is 0.152 e. The molecule has 2 rings (SSSR count). The zero-order valence-electron chi connectivity index (χ0n) is 6.16. The third kappa shape index (κ3) is 1.47. The molecule has 2 nitrogen and oxygen atoms in total. The van der Waals surface area contributed by atoms with Crippen molar-refractivity contribution in [3.05, 3.63) is 30.2 Å². The quantitative estimate of drug-likeness (QED) is 0.725. The zero-order chi connectivity index (χ0) is 7.68. The van der Waals surface area contributed by atoms with Crippen LogP contribution in [0.3, 0.4) is 0 Å². The van der Waals surface area contributed by atoms with Crippen molar-refractivity contribution >= 4 is 39.4 Å². The molecule has 4 heteroatoms. The van der Waals surface area contributed by atoms with Gasteiger partial charge in [0.2, 0.25) is 0 Å². The first-order valence-electron chi connectivity index (χ1n) is 3.29. The lowest BCUT2D eigenvalue weighted by Crippen LogP contribution is -1.75. The summed E-state index contributed by atoms with van der Waals surface area (Å²) < 4.78 is 5.25. The van der Waals surface area contributed by atoms with Gasteiger partial charge in [-0.15, -0.1) is 12.4 Å².